The van der Waals surface area contributed by atoms with E-state index in [0.717, 1.165) is 5.76 Å². The Bertz CT molecular complexity index is 1000. The molecule has 3 aromatic rings. The van der Waals surface area contributed by atoms with Crippen molar-refractivity contribution >= 4 is 38.7 Å². The molecule has 0 aliphatic carbocycles. The Labute approximate surface area is 163 Å². The van der Waals surface area contributed by atoms with Gasteiger partial charge < -0.3 is 15.1 Å². The molecule has 2 N–H and O–H groups in total. The first-order valence-electron chi connectivity index (χ1n) is 8.18. The number of nitrogens with one attached hydrogen (secondary N) is 2. The van der Waals surface area contributed by atoms with Crippen molar-refractivity contribution in [2.24, 2.45) is 0 Å². The van der Waals surface area contributed by atoms with E-state index in [4.69, 9.17) is 16.6 Å². The Morgan fingerprint density at radius 1 is 1.07 bits per heavy atom. The lowest BCUT2D eigenvalue weighted by molar-refractivity contribution is 0.503. The van der Waals surface area contributed by atoms with Crippen LogP contribution in [0.25, 0.3) is 0 Å². The SMILES string of the molecule is CN(c1ccccc1)S(=O)(=O)c1cccc(NC(=S)NCc2ccco2)c1. The summed E-state index contributed by atoms with van der Waals surface area (Å²) in [5.74, 6) is 0.750. The van der Waals surface area contributed by atoms with Gasteiger partial charge in [-0.25, -0.2) is 8.42 Å². The first kappa shape index (κ1) is 18.9. The predicted molar refractivity (Wildman–Crippen MR) is 110 cm³/mol. The van der Waals surface area contributed by atoms with Gasteiger partial charge in [-0.15, -0.1) is 0 Å². The molecule has 0 unspecified atom stereocenters. The molecule has 0 aliphatic heterocycles. The Balaban J connectivity index is 1.71. The Morgan fingerprint density at radius 2 is 1.85 bits per heavy atom. The van der Waals surface area contributed by atoms with Gasteiger partial charge in [-0.1, -0.05) is 24.3 Å². The lowest BCUT2D eigenvalue weighted by Crippen LogP contribution is -2.28. The van der Waals surface area contributed by atoms with Crippen molar-refractivity contribution in [1.82, 2.24) is 5.32 Å². The lowest BCUT2D eigenvalue weighted by Gasteiger charge is -2.20. The number of anilines is 2. The first-order valence-corrected chi connectivity index (χ1v) is 10.0. The zero-order valence-corrected chi connectivity index (χ0v) is 16.3. The summed E-state index contributed by atoms with van der Waals surface area (Å²) in [7, 11) is -2.16. The molecule has 0 radical (unpaired) electrons. The van der Waals surface area contributed by atoms with Gasteiger partial charge in [0.2, 0.25) is 0 Å². The van der Waals surface area contributed by atoms with E-state index < -0.39 is 10.0 Å². The largest absolute Gasteiger partial charge is 0.467 e. The van der Waals surface area contributed by atoms with Crippen molar-refractivity contribution in [2.75, 3.05) is 16.7 Å². The van der Waals surface area contributed by atoms with Crippen LogP contribution in [-0.4, -0.2) is 20.6 Å². The molecule has 0 saturated carbocycles. The highest BCUT2D eigenvalue weighted by molar-refractivity contribution is 7.92. The second-order valence-electron chi connectivity index (χ2n) is 5.72. The Kier molecular flexibility index (Phi) is 5.78. The summed E-state index contributed by atoms with van der Waals surface area (Å²) in [6.45, 7) is 0.438. The Hall–Kier alpha value is -2.84. The molecule has 1 aromatic heterocycles. The molecule has 2 aromatic carbocycles. The fraction of sp³-hybridized carbons (Fsp3) is 0.105. The van der Waals surface area contributed by atoms with Crippen LogP contribution < -0.4 is 14.9 Å². The van der Waals surface area contributed by atoms with Gasteiger partial charge in [-0.05, 0) is 54.7 Å². The number of nitrogens with zero attached hydrogens (tertiary/aromatic N) is 1. The number of hydrogen-bond acceptors (Lipinski definition) is 4. The second-order valence-corrected chi connectivity index (χ2v) is 8.10. The van der Waals surface area contributed by atoms with Crippen LogP contribution in [0.2, 0.25) is 0 Å². The summed E-state index contributed by atoms with van der Waals surface area (Å²) in [6.07, 6.45) is 1.59. The van der Waals surface area contributed by atoms with Gasteiger partial charge in [-0.2, -0.15) is 0 Å². The van der Waals surface area contributed by atoms with Gasteiger partial charge in [0.15, 0.2) is 5.11 Å². The molecular weight excluding hydrogens is 382 g/mol. The number of benzene rings is 2. The van der Waals surface area contributed by atoms with Crippen LogP contribution in [-0.2, 0) is 16.6 Å². The summed E-state index contributed by atoms with van der Waals surface area (Å²) >= 11 is 5.25. The molecule has 0 saturated heterocycles. The van der Waals surface area contributed by atoms with Crippen LogP contribution in [0, 0.1) is 0 Å². The van der Waals surface area contributed by atoms with Crippen LogP contribution >= 0.6 is 12.2 Å². The van der Waals surface area contributed by atoms with Crippen molar-refractivity contribution < 1.29 is 12.8 Å². The molecule has 3 rings (SSSR count). The number of hydrogen-bond donors (Lipinski definition) is 2. The van der Waals surface area contributed by atoms with Gasteiger partial charge in [0.25, 0.3) is 10.0 Å². The highest BCUT2D eigenvalue weighted by Gasteiger charge is 2.21. The van der Waals surface area contributed by atoms with Crippen molar-refractivity contribution in [3.63, 3.8) is 0 Å². The smallest absolute Gasteiger partial charge is 0.264 e. The van der Waals surface area contributed by atoms with Crippen LogP contribution in [0.5, 0.6) is 0 Å². The normalized spacial score (nSPS) is 11.0. The number of furan rings is 1. The molecule has 8 heteroatoms. The number of rotatable bonds is 6. The lowest BCUT2D eigenvalue weighted by atomic mass is 10.3. The molecule has 0 aliphatic rings. The number of sulfonamides is 1. The van der Waals surface area contributed by atoms with E-state index in [1.54, 1.807) is 60.9 Å². The van der Waals surface area contributed by atoms with E-state index in [-0.39, 0.29) is 4.90 Å². The van der Waals surface area contributed by atoms with Crippen LogP contribution in [0.15, 0.2) is 82.3 Å². The van der Waals surface area contributed by atoms with Gasteiger partial charge in [-0.3, -0.25) is 4.31 Å². The monoisotopic (exact) mass is 401 g/mol. The van der Waals surface area contributed by atoms with Crippen LogP contribution in [0.1, 0.15) is 5.76 Å². The summed E-state index contributed by atoms with van der Waals surface area (Å²) in [4.78, 5) is 0.174. The highest BCUT2D eigenvalue weighted by Crippen LogP contribution is 2.23. The quantitative estimate of drug-likeness (QED) is 0.615. The van der Waals surface area contributed by atoms with E-state index in [9.17, 15) is 8.42 Å². The molecule has 0 atom stereocenters. The van der Waals surface area contributed by atoms with Gasteiger partial charge in [0, 0.05) is 12.7 Å². The molecular formula is C19H19N3O3S2. The summed E-state index contributed by atoms with van der Waals surface area (Å²) in [5.41, 5.74) is 1.17. The van der Waals surface area contributed by atoms with E-state index in [0.29, 0.717) is 23.0 Å². The minimum atomic E-state index is -3.68. The van der Waals surface area contributed by atoms with Crippen molar-refractivity contribution in [3.8, 4) is 0 Å². The van der Waals surface area contributed by atoms with Gasteiger partial charge in [0.05, 0.1) is 23.4 Å². The van der Waals surface area contributed by atoms with Crippen LogP contribution in [0.4, 0.5) is 11.4 Å². The molecule has 0 spiro atoms. The topological polar surface area (TPSA) is 74.6 Å². The number of para-hydroxylation sites is 1. The maximum absolute atomic E-state index is 12.9. The second kappa shape index (κ2) is 8.24. The first-order chi connectivity index (χ1) is 13.0. The predicted octanol–water partition coefficient (Wildman–Crippen LogP) is 3.59. The molecule has 0 amide bonds. The van der Waals surface area contributed by atoms with Crippen molar-refractivity contribution in [1.29, 1.82) is 0 Å². The maximum atomic E-state index is 12.9. The summed E-state index contributed by atoms with van der Waals surface area (Å²) in [5, 5.41) is 6.37. The standard InChI is InChI=1S/C19H19N3O3S2/c1-22(16-8-3-2-4-9-16)27(23,24)18-11-5-7-15(13-18)21-19(26)20-14-17-10-6-12-25-17/h2-13H,14H2,1H3,(H2,20,21,26). The third kappa shape index (κ3) is 4.66. The minimum Gasteiger partial charge on any atom is -0.467 e. The zero-order chi connectivity index (χ0) is 19.3. The van der Waals surface area contributed by atoms with Crippen LogP contribution in [0.3, 0.4) is 0 Å². The minimum absolute atomic E-state index is 0.174. The summed E-state index contributed by atoms with van der Waals surface area (Å²) in [6, 6.07) is 19.1. The average Bonchev–Trinajstić information content (AvgIpc) is 3.20. The van der Waals surface area contributed by atoms with E-state index >= 15 is 0 Å². The molecule has 140 valence electrons. The molecule has 6 nitrogen and oxygen atoms in total. The average molecular weight is 402 g/mol. The fourth-order valence-corrected chi connectivity index (χ4v) is 3.86. The third-order valence-electron chi connectivity index (χ3n) is 3.87. The molecule has 0 bridgehead atoms. The van der Waals surface area contributed by atoms with Gasteiger partial charge >= 0.3 is 0 Å². The molecule has 27 heavy (non-hydrogen) atoms. The fourth-order valence-electron chi connectivity index (χ4n) is 2.42. The van der Waals surface area contributed by atoms with E-state index in [1.165, 1.54) is 11.4 Å². The Morgan fingerprint density at radius 3 is 2.56 bits per heavy atom. The summed E-state index contributed by atoms with van der Waals surface area (Å²) < 4.78 is 32.3. The number of thiocarbonyl (C=S) groups is 1. The van der Waals surface area contributed by atoms with Crippen molar-refractivity contribution in [2.45, 2.75) is 11.4 Å². The third-order valence-corrected chi connectivity index (χ3v) is 5.90. The van der Waals surface area contributed by atoms with E-state index in [1.807, 2.05) is 12.1 Å². The molecule has 1 heterocycles. The van der Waals surface area contributed by atoms with Gasteiger partial charge in [0.1, 0.15) is 5.76 Å². The zero-order valence-electron chi connectivity index (χ0n) is 14.6. The molecule has 0 fully saturated rings. The van der Waals surface area contributed by atoms with E-state index in [2.05, 4.69) is 10.6 Å². The van der Waals surface area contributed by atoms with Crippen molar-refractivity contribution in [3.05, 3.63) is 78.8 Å². The maximum Gasteiger partial charge on any atom is 0.264 e. The highest BCUT2D eigenvalue weighted by atomic mass is 32.2.